The van der Waals surface area contributed by atoms with Crippen LogP contribution in [-0.4, -0.2) is 32.5 Å². The van der Waals surface area contributed by atoms with Crippen LogP contribution in [0.3, 0.4) is 0 Å². The maximum absolute atomic E-state index is 12.8. The molecule has 2 heterocycles. The number of fused-ring (bicyclic) bond motifs is 1. The minimum absolute atomic E-state index is 0.268. The Labute approximate surface area is 168 Å². The molecule has 1 aliphatic carbocycles. The van der Waals surface area contributed by atoms with Crippen LogP contribution in [0.25, 0.3) is 0 Å². The second kappa shape index (κ2) is 7.60. The molecule has 1 aliphatic heterocycles. The Kier molecular flexibility index (Phi) is 5.29. The van der Waals surface area contributed by atoms with Crippen molar-refractivity contribution in [3.05, 3.63) is 53.2 Å². The van der Waals surface area contributed by atoms with Crippen molar-refractivity contribution in [2.24, 2.45) is 0 Å². The lowest BCUT2D eigenvalue weighted by molar-refractivity contribution is -0.137. The van der Waals surface area contributed by atoms with Crippen molar-refractivity contribution < 1.29 is 21.6 Å². The van der Waals surface area contributed by atoms with E-state index in [1.54, 1.807) is 17.0 Å². The molecule has 4 rings (SSSR count). The first kappa shape index (κ1) is 20.2. The topological polar surface area (TPSA) is 62.3 Å². The van der Waals surface area contributed by atoms with Crippen LogP contribution >= 0.6 is 0 Å². The van der Waals surface area contributed by atoms with Crippen molar-refractivity contribution in [3.8, 4) is 0 Å². The third-order valence-corrected chi connectivity index (χ3v) is 7.06. The van der Waals surface area contributed by atoms with Gasteiger partial charge in [-0.05, 0) is 67.5 Å². The monoisotopic (exact) mass is 425 g/mol. The Morgan fingerprint density at radius 3 is 2.52 bits per heavy atom. The van der Waals surface area contributed by atoms with Crippen molar-refractivity contribution in [2.45, 2.75) is 49.2 Å². The minimum Gasteiger partial charge on any atom is -0.355 e. The number of aromatic nitrogens is 1. The van der Waals surface area contributed by atoms with Gasteiger partial charge in [-0.3, -0.25) is 0 Å². The predicted molar refractivity (Wildman–Crippen MR) is 103 cm³/mol. The third-order valence-electron chi connectivity index (χ3n) is 5.54. The van der Waals surface area contributed by atoms with E-state index in [0.29, 0.717) is 25.3 Å². The molecule has 9 heteroatoms. The zero-order valence-corrected chi connectivity index (χ0v) is 16.6. The Balaban J connectivity index is 1.43. The number of benzene rings is 1. The summed E-state index contributed by atoms with van der Waals surface area (Å²) in [4.78, 5) is 5.95. The van der Waals surface area contributed by atoms with Gasteiger partial charge >= 0.3 is 6.18 Å². The van der Waals surface area contributed by atoms with Gasteiger partial charge in [0.1, 0.15) is 5.82 Å². The summed E-state index contributed by atoms with van der Waals surface area (Å²) in [6.07, 6.45) is 1.03. The molecule has 1 fully saturated rings. The van der Waals surface area contributed by atoms with Crippen molar-refractivity contribution >= 4 is 15.8 Å². The van der Waals surface area contributed by atoms with Crippen molar-refractivity contribution in [1.29, 1.82) is 0 Å². The fraction of sp³-hybridized carbons (Fsp3) is 0.450. The summed E-state index contributed by atoms with van der Waals surface area (Å²) in [5, 5.41) is 0. The van der Waals surface area contributed by atoms with Crippen LogP contribution in [0.15, 0.2) is 41.4 Å². The van der Waals surface area contributed by atoms with E-state index in [9.17, 15) is 21.6 Å². The molecule has 2 aromatic rings. The number of halogens is 3. The fourth-order valence-corrected chi connectivity index (χ4v) is 5.28. The molecule has 0 unspecified atom stereocenters. The number of nitrogens with one attached hydrogen (secondary N) is 1. The Morgan fingerprint density at radius 2 is 1.83 bits per heavy atom. The predicted octanol–water partition coefficient (Wildman–Crippen LogP) is 3.54. The number of aryl methyl sites for hydroxylation is 2. The molecule has 0 radical (unpaired) electrons. The van der Waals surface area contributed by atoms with E-state index < -0.39 is 21.8 Å². The summed E-state index contributed by atoms with van der Waals surface area (Å²) in [6, 6.07) is 7.31. The highest BCUT2D eigenvalue weighted by molar-refractivity contribution is 7.89. The van der Waals surface area contributed by atoms with E-state index in [0.717, 1.165) is 43.5 Å². The van der Waals surface area contributed by atoms with Gasteiger partial charge in [0.25, 0.3) is 0 Å². The lowest BCUT2D eigenvalue weighted by atomic mass is 9.92. The molecular weight excluding hydrogens is 403 g/mol. The molecule has 2 aliphatic rings. The second-order valence-electron chi connectivity index (χ2n) is 7.59. The maximum Gasteiger partial charge on any atom is 0.417 e. The van der Waals surface area contributed by atoms with E-state index in [-0.39, 0.29) is 10.9 Å². The molecule has 1 saturated heterocycles. The van der Waals surface area contributed by atoms with E-state index >= 15 is 0 Å². The summed E-state index contributed by atoms with van der Waals surface area (Å²) in [5.74, 6) is 0.411. The molecule has 5 nitrogen and oxygen atoms in total. The van der Waals surface area contributed by atoms with Gasteiger partial charge in [-0.15, -0.1) is 0 Å². The van der Waals surface area contributed by atoms with Crippen LogP contribution in [0.4, 0.5) is 19.0 Å². The van der Waals surface area contributed by atoms with Gasteiger partial charge in [0.05, 0.1) is 10.5 Å². The SMILES string of the molecule is O=S(=O)(N[C@H]1CCN(c2ccc(C(F)(F)F)cn2)C1)c1ccc2c(c1)CCCC2. The molecule has 0 amide bonds. The third kappa shape index (κ3) is 4.40. The molecule has 1 N–H and O–H groups in total. The second-order valence-corrected chi connectivity index (χ2v) is 9.31. The lowest BCUT2D eigenvalue weighted by Crippen LogP contribution is -2.37. The average molecular weight is 425 g/mol. The Bertz CT molecular complexity index is 991. The minimum atomic E-state index is -4.43. The Morgan fingerprint density at radius 1 is 1.07 bits per heavy atom. The van der Waals surface area contributed by atoms with Gasteiger partial charge in [0.15, 0.2) is 0 Å². The maximum atomic E-state index is 12.8. The summed E-state index contributed by atoms with van der Waals surface area (Å²) in [6.45, 7) is 0.887. The number of sulfonamides is 1. The lowest BCUT2D eigenvalue weighted by Gasteiger charge is -2.19. The first-order chi connectivity index (χ1) is 13.7. The number of pyridine rings is 1. The largest absolute Gasteiger partial charge is 0.417 e. The smallest absolute Gasteiger partial charge is 0.355 e. The van der Waals surface area contributed by atoms with Gasteiger partial charge in [0, 0.05) is 25.3 Å². The van der Waals surface area contributed by atoms with Crippen molar-refractivity contribution in [2.75, 3.05) is 18.0 Å². The zero-order valence-electron chi connectivity index (χ0n) is 15.7. The fourth-order valence-electron chi connectivity index (χ4n) is 3.97. The summed E-state index contributed by atoms with van der Waals surface area (Å²) in [7, 11) is -3.65. The van der Waals surface area contributed by atoms with E-state index in [4.69, 9.17) is 0 Å². The summed E-state index contributed by atoms with van der Waals surface area (Å²) in [5.41, 5.74) is 1.52. The number of alkyl halides is 3. The van der Waals surface area contributed by atoms with Gasteiger partial charge < -0.3 is 4.90 Å². The molecular formula is C20H22F3N3O2S. The first-order valence-electron chi connectivity index (χ1n) is 9.65. The van der Waals surface area contributed by atoms with Crippen LogP contribution in [0.1, 0.15) is 36.0 Å². The average Bonchev–Trinajstić information content (AvgIpc) is 3.15. The van der Waals surface area contributed by atoms with Crippen LogP contribution in [0, 0.1) is 0 Å². The van der Waals surface area contributed by atoms with Gasteiger partial charge in [-0.25, -0.2) is 18.1 Å². The normalized spacial score (nSPS) is 20.0. The number of anilines is 1. The first-order valence-corrected chi connectivity index (χ1v) is 11.1. The summed E-state index contributed by atoms with van der Waals surface area (Å²) >= 11 is 0. The highest BCUT2D eigenvalue weighted by Crippen LogP contribution is 2.30. The molecule has 29 heavy (non-hydrogen) atoms. The quantitative estimate of drug-likeness (QED) is 0.814. The van der Waals surface area contributed by atoms with Crippen LogP contribution in [0.2, 0.25) is 0 Å². The van der Waals surface area contributed by atoms with Crippen LogP contribution in [-0.2, 0) is 29.0 Å². The van der Waals surface area contributed by atoms with Crippen molar-refractivity contribution in [1.82, 2.24) is 9.71 Å². The molecule has 156 valence electrons. The molecule has 0 spiro atoms. The van der Waals surface area contributed by atoms with E-state index in [1.165, 1.54) is 11.6 Å². The highest BCUT2D eigenvalue weighted by Gasteiger charge is 2.32. The van der Waals surface area contributed by atoms with Crippen LogP contribution < -0.4 is 9.62 Å². The molecule has 0 bridgehead atoms. The number of hydrogen-bond donors (Lipinski definition) is 1. The number of hydrogen-bond acceptors (Lipinski definition) is 4. The van der Waals surface area contributed by atoms with Gasteiger partial charge in [-0.1, -0.05) is 6.07 Å². The molecule has 0 saturated carbocycles. The molecule has 1 aromatic carbocycles. The van der Waals surface area contributed by atoms with E-state index in [2.05, 4.69) is 9.71 Å². The Hall–Kier alpha value is -2.13. The van der Waals surface area contributed by atoms with Crippen molar-refractivity contribution in [3.63, 3.8) is 0 Å². The standard InChI is InChI=1S/C20H22F3N3O2S/c21-20(22,23)16-6-8-19(24-12-16)26-10-9-17(13-26)25-29(27,28)18-7-5-14-3-1-2-4-15(14)11-18/h5-8,11-12,17,25H,1-4,9-10,13H2/t17-/m0/s1. The highest BCUT2D eigenvalue weighted by atomic mass is 32.2. The van der Waals surface area contributed by atoms with Gasteiger partial charge in [-0.2, -0.15) is 13.2 Å². The number of rotatable bonds is 4. The zero-order chi connectivity index (χ0) is 20.6. The molecule has 1 atom stereocenters. The number of nitrogens with zero attached hydrogens (tertiary/aromatic N) is 2. The van der Waals surface area contributed by atoms with E-state index in [1.807, 2.05) is 6.07 Å². The van der Waals surface area contributed by atoms with Crippen LogP contribution in [0.5, 0.6) is 0 Å². The van der Waals surface area contributed by atoms with Gasteiger partial charge in [0.2, 0.25) is 10.0 Å². The summed E-state index contributed by atoms with van der Waals surface area (Å²) < 4.78 is 66.4. The molecule has 1 aromatic heterocycles.